The van der Waals surface area contributed by atoms with Gasteiger partial charge in [-0.05, 0) is 37.9 Å². The van der Waals surface area contributed by atoms with E-state index in [1.54, 1.807) is 14.2 Å². The van der Waals surface area contributed by atoms with Crippen LogP contribution in [-0.4, -0.2) is 51.3 Å². The molecular formula is C16H24N2O2. The number of methoxy groups -OCH3 is 2. The molecule has 0 bridgehead atoms. The molecule has 110 valence electrons. The van der Waals surface area contributed by atoms with Crippen LogP contribution >= 0.6 is 0 Å². The molecule has 20 heavy (non-hydrogen) atoms. The van der Waals surface area contributed by atoms with Crippen molar-refractivity contribution in [2.24, 2.45) is 0 Å². The van der Waals surface area contributed by atoms with Gasteiger partial charge in [0, 0.05) is 31.7 Å². The van der Waals surface area contributed by atoms with Crippen molar-refractivity contribution in [3.8, 4) is 11.5 Å². The van der Waals surface area contributed by atoms with E-state index in [1.165, 1.54) is 38.0 Å². The summed E-state index contributed by atoms with van der Waals surface area (Å²) in [5, 5.41) is 0. The second-order valence-corrected chi connectivity index (χ2v) is 5.67. The van der Waals surface area contributed by atoms with Crippen LogP contribution in [0.3, 0.4) is 0 Å². The minimum Gasteiger partial charge on any atom is -0.497 e. The molecule has 4 heteroatoms. The third kappa shape index (κ3) is 2.57. The molecule has 3 rings (SSSR count). The van der Waals surface area contributed by atoms with E-state index < -0.39 is 0 Å². The molecule has 0 radical (unpaired) electrons. The number of rotatable bonds is 3. The maximum absolute atomic E-state index is 5.56. The number of benzene rings is 1. The first-order valence-electron chi connectivity index (χ1n) is 7.53. The number of hydrogen-bond donors (Lipinski definition) is 0. The largest absolute Gasteiger partial charge is 0.497 e. The van der Waals surface area contributed by atoms with Gasteiger partial charge in [0.1, 0.15) is 11.5 Å². The molecule has 2 heterocycles. The van der Waals surface area contributed by atoms with Gasteiger partial charge in [0.2, 0.25) is 0 Å². The maximum Gasteiger partial charge on any atom is 0.145 e. The summed E-state index contributed by atoms with van der Waals surface area (Å²) in [5.41, 5.74) is 1.20. The first-order chi connectivity index (χ1) is 9.81. The first kappa shape index (κ1) is 13.6. The lowest BCUT2D eigenvalue weighted by Gasteiger charge is -2.28. The predicted molar refractivity (Wildman–Crippen MR) is 81.0 cm³/mol. The number of fused-ring (bicyclic) bond motifs is 1. The summed E-state index contributed by atoms with van der Waals surface area (Å²) in [7, 11) is 3.43. The SMILES string of the molecule is COc1ccc(N2CCCN3CCCC3C2)c(OC)c1. The summed E-state index contributed by atoms with van der Waals surface area (Å²) >= 11 is 0. The van der Waals surface area contributed by atoms with Crippen molar-refractivity contribution in [2.45, 2.75) is 25.3 Å². The molecule has 0 aliphatic carbocycles. The van der Waals surface area contributed by atoms with Crippen molar-refractivity contribution in [1.82, 2.24) is 4.90 Å². The van der Waals surface area contributed by atoms with Crippen molar-refractivity contribution in [2.75, 3.05) is 45.3 Å². The van der Waals surface area contributed by atoms with Gasteiger partial charge < -0.3 is 14.4 Å². The van der Waals surface area contributed by atoms with Crippen LogP contribution in [-0.2, 0) is 0 Å². The van der Waals surface area contributed by atoms with Gasteiger partial charge in [0.15, 0.2) is 0 Å². The molecule has 1 unspecified atom stereocenters. The fourth-order valence-electron chi connectivity index (χ4n) is 3.47. The fraction of sp³-hybridized carbons (Fsp3) is 0.625. The molecule has 0 aromatic heterocycles. The van der Waals surface area contributed by atoms with Crippen LogP contribution in [0, 0.1) is 0 Å². The highest BCUT2D eigenvalue weighted by atomic mass is 16.5. The lowest BCUT2D eigenvalue weighted by Crippen LogP contribution is -2.36. The van der Waals surface area contributed by atoms with E-state index in [-0.39, 0.29) is 0 Å². The first-order valence-corrected chi connectivity index (χ1v) is 7.53. The summed E-state index contributed by atoms with van der Waals surface area (Å²) in [6, 6.07) is 6.84. The Morgan fingerprint density at radius 3 is 2.70 bits per heavy atom. The molecule has 1 atom stereocenters. The summed E-state index contributed by atoms with van der Waals surface area (Å²) in [5.74, 6) is 1.76. The van der Waals surface area contributed by atoms with E-state index in [2.05, 4.69) is 15.9 Å². The van der Waals surface area contributed by atoms with Crippen molar-refractivity contribution in [1.29, 1.82) is 0 Å². The van der Waals surface area contributed by atoms with E-state index in [4.69, 9.17) is 9.47 Å². The monoisotopic (exact) mass is 276 g/mol. The maximum atomic E-state index is 5.56. The van der Waals surface area contributed by atoms with Crippen LogP contribution in [0.25, 0.3) is 0 Å². The average Bonchev–Trinajstić information content (AvgIpc) is 2.83. The number of anilines is 1. The zero-order chi connectivity index (χ0) is 13.9. The molecule has 1 aromatic carbocycles. The summed E-state index contributed by atoms with van der Waals surface area (Å²) in [6.07, 6.45) is 3.90. The third-order valence-electron chi connectivity index (χ3n) is 4.53. The van der Waals surface area contributed by atoms with Crippen molar-refractivity contribution < 1.29 is 9.47 Å². The van der Waals surface area contributed by atoms with Crippen LogP contribution in [0.4, 0.5) is 5.69 Å². The second kappa shape index (κ2) is 5.92. The minimum atomic E-state index is 0.712. The molecule has 1 aromatic rings. The zero-order valence-corrected chi connectivity index (χ0v) is 12.5. The van der Waals surface area contributed by atoms with Crippen molar-refractivity contribution >= 4 is 5.69 Å². The normalized spacial score (nSPS) is 23.3. The Morgan fingerprint density at radius 2 is 1.90 bits per heavy atom. The van der Waals surface area contributed by atoms with Gasteiger partial charge in [-0.25, -0.2) is 0 Å². The molecule has 2 saturated heterocycles. The van der Waals surface area contributed by atoms with Gasteiger partial charge in [-0.1, -0.05) is 0 Å². The van der Waals surface area contributed by atoms with E-state index in [0.717, 1.165) is 24.6 Å². The smallest absolute Gasteiger partial charge is 0.145 e. The van der Waals surface area contributed by atoms with Gasteiger partial charge in [0.25, 0.3) is 0 Å². The Hall–Kier alpha value is -1.42. The topological polar surface area (TPSA) is 24.9 Å². The summed E-state index contributed by atoms with van der Waals surface area (Å²) in [6.45, 7) is 4.73. The summed E-state index contributed by atoms with van der Waals surface area (Å²) < 4.78 is 10.8. The van der Waals surface area contributed by atoms with Crippen LogP contribution in [0.1, 0.15) is 19.3 Å². The lowest BCUT2D eigenvalue weighted by atomic mass is 10.2. The van der Waals surface area contributed by atoms with E-state index in [9.17, 15) is 0 Å². The van der Waals surface area contributed by atoms with Crippen LogP contribution in [0.15, 0.2) is 18.2 Å². The van der Waals surface area contributed by atoms with Crippen molar-refractivity contribution in [3.05, 3.63) is 18.2 Å². The van der Waals surface area contributed by atoms with Crippen molar-refractivity contribution in [3.63, 3.8) is 0 Å². The molecule has 0 N–H and O–H groups in total. The van der Waals surface area contributed by atoms with Crippen LogP contribution in [0.5, 0.6) is 11.5 Å². The van der Waals surface area contributed by atoms with Gasteiger partial charge >= 0.3 is 0 Å². The fourth-order valence-corrected chi connectivity index (χ4v) is 3.47. The summed E-state index contributed by atoms with van der Waals surface area (Å²) in [4.78, 5) is 5.13. The van der Waals surface area contributed by atoms with E-state index >= 15 is 0 Å². The quantitative estimate of drug-likeness (QED) is 0.846. The lowest BCUT2D eigenvalue weighted by molar-refractivity contribution is 0.273. The second-order valence-electron chi connectivity index (χ2n) is 5.67. The van der Waals surface area contributed by atoms with E-state index in [0.29, 0.717) is 6.04 Å². The van der Waals surface area contributed by atoms with E-state index in [1.807, 2.05) is 12.1 Å². The molecule has 2 aliphatic rings. The number of ether oxygens (including phenoxy) is 2. The van der Waals surface area contributed by atoms with Gasteiger partial charge in [-0.3, -0.25) is 4.90 Å². The van der Waals surface area contributed by atoms with Gasteiger partial charge in [0.05, 0.1) is 19.9 Å². The van der Waals surface area contributed by atoms with Crippen LogP contribution < -0.4 is 14.4 Å². The van der Waals surface area contributed by atoms with Gasteiger partial charge in [-0.15, -0.1) is 0 Å². The van der Waals surface area contributed by atoms with Crippen LogP contribution in [0.2, 0.25) is 0 Å². The Kier molecular flexibility index (Phi) is 4.01. The zero-order valence-electron chi connectivity index (χ0n) is 12.5. The molecule has 4 nitrogen and oxygen atoms in total. The Balaban J connectivity index is 1.84. The highest BCUT2D eigenvalue weighted by Gasteiger charge is 2.29. The standard InChI is InChI=1S/C16H24N2O2/c1-19-14-6-7-15(16(11-14)20-2)18-10-4-9-17-8-3-5-13(17)12-18/h6-7,11,13H,3-5,8-10,12H2,1-2H3. The Morgan fingerprint density at radius 1 is 1.05 bits per heavy atom. The number of hydrogen-bond acceptors (Lipinski definition) is 4. The van der Waals surface area contributed by atoms with Gasteiger partial charge in [-0.2, -0.15) is 0 Å². The molecule has 2 aliphatic heterocycles. The minimum absolute atomic E-state index is 0.712. The molecule has 0 amide bonds. The highest BCUT2D eigenvalue weighted by Crippen LogP contribution is 2.34. The Labute approximate surface area is 121 Å². The molecule has 0 saturated carbocycles. The molecular weight excluding hydrogens is 252 g/mol. The highest BCUT2D eigenvalue weighted by molar-refractivity contribution is 5.61. The Bertz CT molecular complexity index is 464. The third-order valence-corrected chi connectivity index (χ3v) is 4.53. The molecule has 0 spiro atoms. The predicted octanol–water partition coefficient (Wildman–Crippen LogP) is 2.38. The number of nitrogens with zero attached hydrogens (tertiary/aromatic N) is 2. The molecule has 2 fully saturated rings. The average molecular weight is 276 g/mol.